The van der Waals surface area contributed by atoms with Crippen LogP contribution in [0, 0.1) is 12.7 Å². The van der Waals surface area contributed by atoms with E-state index in [2.05, 4.69) is 16.4 Å². The third-order valence-corrected chi connectivity index (χ3v) is 5.40. The number of carbonyl (C=O) groups excluding carboxylic acids is 1. The average molecular weight is 407 g/mol. The van der Waals surface area contributed by atoms with Gasteiger partial charge in [-0.05, 0) is 42.8 Å². The fourth-order valence-corrected chi connectivity index (χ4v) is 3.85. The molecule has 5 nitrogen and oxygen atoms in total. The molecule has 29 heavy (non-hydrogen) atoms. The van der Waals surface area contributed by atoms with Crippen LogP contribution in [0.5, 0.6) is 0 Å². The molecule has 2 aromatic carbocycles. The lowest BCUT2D eigenvalue weighted by molar-refractivity contribution is 0.0600. The lowest BCUT2D eigenvalue weighted by Crippen LogP contribution is -2.04. The van der Waals surface area contributed by atoms with Crippen molar-refractivity contribution in [1.29, 1.82) is 0 Å². The van der Waals surface area contributed by atoms with Crippen LogP contribution in [0.3, 0.4) is 0 Å². The van der Waals surface area contributed by atoms with Gasteiger partial charge in [0, 0.05) is 17.0 Å². The Kier molecular flexibility index (Phi) is 5.22. The second-order valence-corrected chi connectivity index (χ2v) is 7.76. The Hall–Kier alpha value is -3.32. The number of anilines is 1. The first-order valence-corrected chi connectivity index (χ1v) is 9.80. The normalized spacial score (nSPS) is 10.9. The summed E-state index contributed by atoms with van der Waals surface area (Å²) in [5.74, 6) is 0.640. The van der Waals surface area contributed by atoms with Crippen molar-refractivity contribution >= 4 is 33.3 Å². The summed E-state index contributed by atoms with van der Waals surface area (Å²) in [6.45, 7) is 2.54. The van der Waals surface area contributed by atoms with Crippen molar-refractivity contribution in [2.45, 2.75) is 13.5 Å². The molecule has 0 spiro atoms. The molecule has 0 saturated heterocycles. The van der Waals surface area contributed by atoms with E-state index in [0.29, 0.717) is 17.9 Å². The number of thiophene rings is 1. The van der Waals surface area contributed by atoms with Gasteiger partial charge < -0.3 is 10.1 Å². The van der Waals surface area contributed by atoms with Crippen molar-refractivity contribution in [2.75, 3.05) is 12.4 Å². The highest BCUT2D eigenvalue weighted by atomic mass is 32.1. The minimum atomic E-state index is -0.386. The Labute approximate surface area is 171 Å². The second kappa shape index (κ2) is 7.97. The minimum Gasteiger partial charge on any atom is -0.465 e. The number of esters is 1. The highest BCUT2D eigenvalue weighted by Crippen LogP contribution is 2.31. The number of nitrogens with zero attached hydrogens (tertiary/aromatic N) is 2. The van der Waals surface area contributed by atoms with Crippen molar-refractivity contribution in [3.8, 4) is 11.4 Å². The van der Waals surface area contributed by atoms with Crippen LogP contribution in [0.25, 0.3) is 21.6 Å². The van der Waals surface area contributed by atoms with Crippen molar-refractivity contribution in [2.24, 2.45) is 0 Å². The average Bonchev–Trinajstić information content (AvgIpc) is 3.13. The molecule has 0 radical (unpaired) electrons. The Morgan fingerprint density at radius 1 is 1.10 bits per heavy atom. The third-order valence-electron chi connectivity index (χ3n) is 4.45. The number of hydrogen-bond donors (Lipinski definition) is 1. The van der Waals surface area contributed by atoms with E-state index in [1.807, 2.05) is 6.92 Å². The first-order chi connectivity index (χ1) is 14.0. The molecular formula is C22H18FN3O2S. The maximum atomic E-state index is 13.1. The number of halogens is 1. The summed E-state index contributed by atoms with van der Waals surface area (Å²) in [6, 6.07) is 15.4. The zero-order chi connectivity index (χ0) is 20.4. The van der Waals surface area contributed by atoms with E-state index in [-0.39, 0.29) is 11.8 Å². The summed E-state index contributed by atoms with van der Waals surface area (Å²) < 4.78 is 17.9. The molecule has 0 aliphatic heterocycles. The van der Waals surface area contributed by atoms with Crippen LogP contribution < -0.4 is 5.32 Å². The summed E-state index contributed by atoms with van der Waals surface area (Å²) in [4.78, 5) is 23.1. The van der Waals surface area contributed by atoms with E-state index in [4.69, 9.17) is 9.72 Å². The van der Waals surface area contributed by atoms with E-state index in [1.54, 1.807) is 47.7 Å². The van der Waals surface area contributed by atoms with Gasteiger partial charge in [-0.1, -0.05) is 24.3 Å². The molecule has 4 aromatic rings. The first-order valence-electron chi connectivity index (χ1n) is 8.99. The maximum absolute atomic E-state index is 13.1. The van der Waals surface area contributed by atoms with E-state index < -0.39 is 0 Å². The molecule has 7 heteroatoms. The third kappa shape index (κ3) is 4.09. The van der Waals surface area contributed by atoms with Crippen molar-refractivity contribution in [3.05, 3.63) is 76.4 Å². The van der Waals surface area contributed by atoms with Gasteiger partial charge in [-0.3, -0.25) is 0 Å². The van der Waals surface area contributed by atoms with Crippen LogP contribution in [-0.4, -0.2) is 23.0 Å². The first kappa shape index (κ1) is 19.0. The molecule has 0 aliphatic rings. The highest BCUT2D eigenvalue weighted by molar-refractivity contribution is 7.18. The number of fused-ring (bicyclic) bond motifs is 1. The van der Waals surface area contributed by atoms with Gasteiger partial charge in [0.05, 0.1) is 18.1 Å². The predicted molar refractivity (Wildman–Crippen MR) is 113 cm³/mol. The SMILES string of the molecule is COC(=O)c1ccc(-c2nc(NCc3ccc(F)cc3)c3cc(C)sc3n2)cc1. The Balaban J connectivity index is 1.68. The molecule has 0 atom stereocenters. The Bertz CT molecular complexity index is 1170. The van der Waals surface area contributed by atoms with E-state index in [1.165, 1.54) is 19.2 Å². The zero-order valence-electron chi connectivity index (χ0n) is 15.9. The van der Waals surface area contributed by atoms with Gasteiger partial charge in [0.1, 0.15) is 16.5 Å². The molecule has 0 aliphatic carbocycles. The van der Waals surface area contributed by atoms with Crippen LogP contribution in [0.2, 0.25) is 0 Å². The van der Waals surface area contributed by atoms with Crippen molar-refractivity contribution < 1.29 is 13.9 Å². The lowest BCUT2D eigenvalue weighted by Gasteiger charge is -2.09. The second-order valence-electron chi connectivity index (χ2n) is 6.52. The number of nitrogens with one attached hydrogen (secondary N) is 1. The maximum Gasteiger partial charge on any atom is 0.337 e. The molecule has 4 rings (SSSR count). The van der Waals surface area contributed by atoms with Crippen LogP contribution in [0.4, 0.5) is 10.2 Å². The van der Waals surface area contributed by atoms with Crippen LogP contribution in [0.1, 0.15) is 20.8 Å². The quantitative estimate of drug-likeness (QED) is 0.461. The van der Waals surface area contributed by atoms with Crippen molar-refractivity contribution in [3.63, 3.8) is 0 Å². The smallest absolute Gasteiger partial charge is 0.337 e. The van der Waals surface area contributed by atoms with Gasteiger partial charge in [-0.2, -0.15) is 0 Å². The van der Waals surface area contributed by atoms with Gasteiger partial charge in [0.25, 0.3) is 0 Å². The molecule has 1 N–H and O–H groups in total. The number of hydrogen-bond acceptors (Lipinski definition) is 6. The van der Waals surface area contributed by atoms with Gasteiger partial charge in [0.2, 0.25) is 0 Å². The standard InChI is InChI=1S/C22H18FN3O2S/c1-13-11-18-20(24-12-14-3-9-17(23)10-4-14)25-19(26-21(18)29-13)15-5-7-16(8-6-15)22(27)28-2/h3-11H,12H2,1-2H3,(H,24,25,26). The summed E-state index contributed by atoms with van der Waals surface area (Å²) in [5, 5.41) is 4.29. The number of benzene rings is 2. The van der Waals surface area contributed by atoms with E-state index in [0.717, 1.165) is 32.0 Å². The monoisotopic (exact) mass is 407 g/mol. The summed E-state index contributed by atoms with van der Waals surface area (Å²) in [7, 11) is 1.35. The number of aryl methyl sites for hydroxylation is 1. The number of carbonyl (C=O) groups is 1. The number of rotatable bonds is 5. The Morgan fingerprint density at radius 2 is 1.83 bits per heavy atom. The van der Waals surface area contributed by atoms with Gasteiger partial charge in [0.15, 0.2) is 5.82 Å². The molecule has 0 amide bonds. The van der Waals surface area contributed by atoms with Crippen LogP contribution in [0.15, 0.2) is 54.6 Å². The summed E-state index contributed by atoms with van der Waals surface area (Å²) >= 11 is 1.60. The van der Waals surface area contributed by atoms with Crippen LogP contribution >= 0.6 is 11.3 Å². The topological polar surface area (TPSA) is 64.1 Å². The van der Waals surface area contributed by atoms with Crippen LogP contribution in [-0.2, 0) is 11.3 Å². The lowest BCUT2D eigenvalue weighted by atomic mass is 10.1. The summed E-state index contributed by atoms with van der Waals surface area (Å²) in [5.41, 5.74) is 2.23. The molecule has 0 bridgehead atoms. The predicted octanol–water partition coefficient (Wildman–Crippen LogP) is 5.20. The largest absolute Gasteiger partial charge is 0.465 e. The number of ether oxygens (including phenoxy) is 1. The number of methoxy groups -OCH3 is 1. The van der Waals surface area contributed by atoms with Gasteiger partial charge >= 0.3 is 5.97 Å². The summed E-state index contributed by atoms with van der Waals surface area (Å²) in [6.07, 6.45) is 0. The highest BCUT2D eigenvalue weighted by Gasteiger charge is 2.13. The molecule has 2 aromatic heterocycles. The zero-order valence-corrected chi connectivity index (χ0v) is 16.7. The fourth-order valence-electron chi connectivity index (χ4n) is 2.97. The Morgan fingerprint density at radius 3 is 2.52 bits per heavy atom. The molecule has 2 heterocycles. The van der Waals surface area contributed by atoms with E-state index in [9.17, 15) is 9.18 Å². The van der Waals surface area contributed by atoms with E-state index >= 15 is 0 Å². The van der Waals surface area contributed by atoms with Gasteiger partial charge in [-0.25, -0.2) is 19.2 Å². The number of aromatic nitrogens is 2. The molecule has 0 fully saturated rings. The fraction of sp³-hybridized carbons (Fsp3) is 0.136. The molecule has 146 valence electrons. The van der Waals surface area contributed by atoms with Gasteiger partial charge in [-0.15, -0.1) is 11.3 Å². The molecular weight excluding hydrogens is 389 g/mol. The molecule has 0 unspecified atom stereocenters. The molecule has 0 saturated carbocycles. The van der Waals surface area contributed by atoms with Crippen molar-refractivity contribution in [1.82, 2.24) is 9.97 Å². The minimum absolute atomic E-state index is 0.260.